The highest BCUT2D eigenvalue weighted by atomic mass is 16.4. The molecule has 5 heteroatoms. The average molecular weight is 318 g/mol. The van der Waals surface area contributed by atoms with Crippen LogP contribution < -0.4 is 4.90 Å². The van der Waals surface area contributed by atoms with Crippen LogP contribution in [0.2, 0.25) is 0 Å². The number of anilines is 1. The maximum absolute atomic E-state index is 12.5. The maximum Gasteiger partial charge on any atom is 0.311 e. The topological polar surface area (TPSA) is 60.9 Å². The van der Waals surface area contributed by atoms with E-state index in [0.717, 1.165) is 44.5 Å². The Morgan fingerprint density at radius 2 is 1.83 bits per heavy atom. The highest BCUT2D eigenvalue weighted by Crippen LogP contribution is 2.25. The number of likely N-dealkylation sites (tertiary alicyclic amines) is 1. The van der Waals surface area contributed by atoms with E-state index in [9.17, 15) is 14.7 Å². The molecule has 1 unspecified atom stereocenters. The maximum atomic E-state index is 12.5. The van der Waals surface area contributed by atoms with E-state index in [2.05, 4.69) is 0 Å². The molecule has 0 aliphatic carbocycles. The van der Waals surface area contributed by atoms with Gasteiger partial charge in [0, 0.05) is 39.3 Å². The lowest BCUT2D eigenvalue weighted by atomic mass is 9.94. The Kier molecular flexibility index (Phi) is 6.02. The van der Waals surface area contributed by atoms with Gasteiger partial charge < -0.3 is 14.9 Å². The van der Waals surface area contributed by atoms with Crippen molar-refractivity contribution in [3.63, 3.8) is 0 Å². The fourth-order valence-corrected chi connectivity index (χ4v) is 2.99. The van der Waals surface area contributed by atoms with Crippen LogP contribution in [0.4, 0.5) is 5.69 Å². The first kappa shape index (κ1) is 17.3. The van der Waals surface area contributed by atoms with E-state index in [1.807, 2.05) is 42.1 Å². The first-order chi connectivity index (χ1) is 11.0. The summed E-state index contributed by atoms with van der Waals surface area (Å²) < 4.78 is 0. The summed E-state index contributed by atoms with van der Waals surface area (Å²) in [7, 11) is 3.83. The SMILES string of the molecule is CN(C)c1cccc(C(CC(=O)N2CCCCCC2)C(=O)O)c1. The van der Waals surface area contributed by atoms with E-state index < -0.39 is 11.9 Å². The Bertz CT molecular complexity index is 549. The second kappa shape index (κ2) is 7.99. The van der Waals surface area contributed by atoms with Crippen LogP contribution in [-0.2, 0) is 9.59 Å². The predicted octanol–water partition coefficient (Wildman–Crippen LogP) is 2.71. The van der Waals surface area contributed by atoms with Crippen LogP contribution in [0.5, 0.6) is 0 Å². The molecule has 1 aliphatic rings. The van der Waals surface area contributed by atoms with Gasteiger partial charge in [-0.15, -0.1) is 0 Å². The molecule has 0 radical (unpaired) electrons. The van der Waals surface area contributed by atoms with E-state index in [4.69, 9.17) is 0 Å². The molecule has 0 aromatic heterocycles. The first-order valence-corrected chi connectivity index (χ1v) is 8.27. The lowest BCUT2D eigenvalue weighted by Crippen LogP contribution is -2.34. The van der Waals surface area contributed by atoms with Crippen LogP contribution in [0.1, 0.15) is 43.6 Å². The Morgan fingerprint density at radius 1 is 1.17 bits per heavy atom. The van der Waals surface area contributed by atoms with Crippen LogP contribution in [0, 0.1) is 0 Å². The van der Waals surface area contributed by atoms with Crippen molar-refractivity contribution in [3.8, 4) is 0 Å². The lowest BCUT2D eigenvalue weighted by Gasteiger charge is -2.23. The van der Waals surface area contributed by atoms with Gasteiger partial charge >= 0.3 is 5.97 Å². The van der Waals surface area contributed by atoms with Crippen molar-refractivity contribution < 1.29 is 14.7 Å². The Hall–Kier alpha value is -2.04. The van der Waals surface area contributed by atoms with Crippen molar-refractivity contribution in [1.82, 2.24) is 4.90 Å². The highest BCUT2D eigenvalue weighted by molar-refractivity contribution is 5.86. The molecule has 0 spiro atoms. The molecule has 1 aromatic carbocycles. The summed E-state index contributed by atoms with van der Waals surface area (Å²) in [5, 5.41) is 9.57. The van der Waals surface area contributed by atoms with Crippen molar-refractivity contribution in [2.45, 2.75) is 38.0 Å². The van der Waals surface area contributed by atoms with Crippen molar-refractivity contribution in [1.29, 1.82) is 0 Å². The average Bonchev–Trinajstić information content (AvgIpc) is 2.81. The first-order valence-electron chi connectivity index (χ1n) is 8.27. The van der Waals surface area contributed by atoms with Crippen LogP contribution >= 0.6 is 0 Å². The van der Waals surface area contributed by atoms with Gasteiger partial charge in [-0.2, -0.15) is 0 Å². The molecule has 1 aromatic rings. The summed E-state index contributed by atoms with van der Waals surface area (Å²) >= 11 is 0. The van der Waals surface area contributed by atoms with E-state index in [0.29, 0.717) is 5.56 Å². The molecular weight excluding hydrogens is 292 g/mol. The molecule has 126 valence electrons. The predicted molar refractivity (Wildman–Crippen MR) is 90.8 cm³/mol. The standard InChI is InChI=1S/C18H26N2O3/c1-19(2)15-9-7-8-14(12-15)16(18(22)23)13-17(21)20-10-5-3-4-6-11-20/h7-9,12,16H,3-6,10-11,13H2,1-2H3,(H,22,23). The third kappa shape index (κ3) is 4.71. The van der Waals surface area contributed by atoms with Gasteiger partial charge in [-0.1, -0.05) is 25.0 Å². The van der Waals surface area contributed by atoms with Gasteiger partial charge in [0.1, 0.15) is 0 Å². The minimum Gasteiger partial charge on any atom is -0.481 e. The van der Waals surface area contributed by atoms with Gasteiger partial charge in [-0.3, -0.25) is 9.59 Å². The summed E-state index contributed by atoms with van der Waals surface area (Å²) in [5.74, 6) is -1.77. The highest BCUT2D eigenvalue weighted by Gasteiger charge is 2.26. The Balaban J connectivity index is 2.13. The molecule has 1 aliphatic heterocycles. The monoisotopic (exact) mass is 318 g/mol. The number of carbonyl (C=O) groups is 2. The number of hydrogen-bond acceptors (Lipinski definition) is 3. The van der Waals surface area contributed by atoms with Crippen molar-refractivity contribution >= 4 is 17.6 Å². The van der Waals surface area contributed by atoms with Crippen LogP contribution in [0.15, 0.2) is 24.3 Å². The quantitative estimate of drug-likeness (QED) is 0.907. The van der Waals surface area contributed by atoms with Crippen molar-refractivity contribution in [3.05, 3.63) is 29.8 Å². The normalized spacial score (nSPS) is 16.5. The summed E-state index contributed by atoms with van der Waals surface area (Å²) in [4.78, 5) is 28.0. The molecule has 5 nitrogen and oxygen atoms in total. The second-order valence-corrected chi connectivity index (χ2v) is 6.38. The number of hydrogen-bond donors (Lipinski definition) is 1. The number of carboxylic acid groups (broad SMARTS) is 1. The largest absolute Gasteiger partial charge is 0.481 e. The smallest absolute Gasteiger partial charge is 0.311 e. The fourth-order valence-electron chi connectivity index (χ4n) is 2.99. The van der Waals surface area contributed by atoms with Gasteiger partial charge in [-0.05, 0) is 30.5 Å². The van der Waals surface area contributed by atoms with E-state index in [1.54, 1.807) is 6.07 Å². The zero-order valence-corrected chi connectivity index (χ0v) is 14.0. The zero-order valence-electron chi connectivity index (χ0n) is 14.0. The summed E-state index contributed by atoms with van der Waals surface area (Å²) in [6.07, 6.45) is 4.36. The molecule has 1 atom stereocenters. The number of nitrogens with zero attached hydrogens (tertiary/aromatic N) is 2. The van der Waals surface area contributed by atoms with Crippen molar-refractivity contribution in [2.24, 2.45) is 0 Å². The third-order valence-electron chi connectivity index (χ3n) is 4.42. The van der Waals surface area contributed by atoms with E-state index in [1.165, 1.54) is 0 Å². The zero-order chi connectivity index (χ0) is 16.8. The van der Waals surface area contributed by atoms with E-state index in [-0.39, 0.29) is 12.3 Å². The summed E-state index contributed by atoms with van der Waals surface area (Å²) in [5.41, 5.74) is 1.63. The molecule has 23 heavy (non-hydrogen) atoms. The summed E-state index contributed by atoms with van der Waals surface area (Å²) in [6, 6.07) is 7.42. The molecule has 1 amide bonds. The fraction of sp³-hybridized carbons (Fsp3) is 0.556. The number of amides is 1. The van der Waals surface area contributed by atoms with Crippen LogP contribution in [0.3, 0.4) is 0 Å². The molecule has 0 saturated carbocycles. The van der Waals surface area contributed by atoms with Gasteiger partial charge in [0.05, 0.1) is 5.92 Å². The van der Waals surface area contributed by atoms with Crippen molar-refractivity contribution in [2.75, 3.05) is 32.1 Å². The molecule has 1 saturated heterocycles. The number of carbonyl (C=O) groups excluding carboxylic acids is 1. The number of aliphatic carboxylic acids is 1. The van der Waals surface area contributed by atoms with Gasteiger partial charge in [-0.25, -0.2) is 0 Å². The Labute approximate surface area is 137 Å². The van der Waals surface area contributed by atoms with Gasteiger partial charge in [0.25, 0.3) is 0 Å². The third-order valence-corrected chi connectivity index (χ3v) is 4.42. The number of benzene rings is 1. The molecule has 2 rings (SSSR count). The van der Waals surface area contributed by atoms with Crippen LogP contribution in [-0.4, -0.2) is 49.1 Å². The molecule has 0 bridgehead atoms. The molecule has 1 fully saturated rings. The second-order valence-electron chi connectivity index (χ2n) is 6.38. The lowest BCUT2D eigenvalue weighted by molar-refractivity contribution is -0.142. The molecule has 1 N–H and O–H groups in total. The minimum absolute atomic E-state index is 0.0339. The van der Waals surface area contributed by atoms with Gasteiger partial charge in [0.2, 0.25) is 5.91 Å². The van der Waals surface area contributed by atoms with Crippen LogP contribution in [0.25, 0.3) is 0 Å². The Morgan fingerprint density at radius 3 is 2.39 bits per heavy atom. The minimum atomic E-state index is -0.941. The molecular formula is C18H26N2O3. The number of carboxylic acids is 1. The number of rotatable bonds is 5. The van der Waals surface area contributed by atoms with Gasteiger partial charge in [0.15, 0.2) is 0 Å². The molecule has 1 heterocycles. The van der Waals surface area contributed by atoms with E-state index >= 15 is 0 Å². The summed E-state index contributed by atoms with van der Waals surface area (Å²) in [6.45, 7) is 1.51.